The predicted molar refractivity (Wildman–Crippen MR) is 87.3 cm³/mol. The van der Waals surface area contributed by atoms with Gasteiger partial charge in [-0.25, -0.2) is 0 Å². The zero-order chi connectivity index (χ0) is 15.1. The highest BCUT2D eigenvalue weighted by atomic mass is 15.2. The Morgan fingerprint density at radius 1 is 1.15 bits per heavy atom. The molecule has 0 saturated carbocycles. The maximum Gasteiger partial charge on any atom is 0.0571 e. The lowest BCUT2D eigenvalue weighted by atomic mass is 10.1. The van der Waals surface area contributed by atoms with E-state index in [-0.39, 0.29) is 0 Å². The highest BCUT2D eigenvalue weighted by Crippen LogP contribution is 2.17. The van der Waals surface area contributed by atoms with Crippen LogP contribution in [0, 0.1) is 5.92 Å². The number of nitrogens with zero attached hydrogens (tertiary/aromatic N) is 3. The van der Waals surface area contributed by atoms with Gasteiger partial charge in [0.2, 0.25) is 0 Å². The number of hydrogen-bond acceptors (Lipinski definition) is 4. The van der Waals surface area contributed by atoms with Gasteiger partial charge in [-0.15, -0.1) is 0 Å². The Morgan fingerprint density at radius 2 is 1.85 bits per heavy atom. The average Bonchev–Trinajstić information content (AvgIpc) is 2.42. The monoisotopic (exact) mass is 278 g/mol. The van der Waals surface area contributed by atoms with Crippen molar-refractivity contribution in [3.8, 4) is 0 Å². The van der Waals surface area contributed by atoms with Gasteiger partial charge in [-0.3, -0.25) is 4.98 Å². The van der Waals surface area contributed by atoms with Crippen molar-refractivity contribution in [2.75, 3.05) is 45.7 Å². The molecule has 1 aromatic rings. The Labute approximate surface area is 124 Å². The number of likely N-dealkylation sites (N-methyl/N-ethyl adjacent to an activating group) is 1. The van der Waals surface area contributed by atoms with E-state index in [2.05, 4.69) is 67.1 Å². The van der Waals surface area contributed by atoms with Crippen molar-refractivity contribution in [2.24, 2.45) is 5.92 Å². The molecule has 1 atom stereocenters. The van der Waals surface area contributed by atoms with Crippen LogP contribution in [-0.2, 0) is 0 Å². The van der Waals surface area contributed by atoms with E-state index in [1.807, 2.05) is 13.2 Å². The Hall–Kier alpha value is -1.13. The number of hydrogen-bond donors (Lipinski definition) is 1. The molecular weight excluding hydrogens is 248 g/mol. The van der Waals surface area contributed by atoms with Crippen LogP contribution in [0.4, 0.5) is 5.69 Å². The van der Waals surface area contributed by atoms with Gasteiger partial charge >= 0.3 is 0 Å². The van der Waals surface area contributed by atoms with Gasteiger partial charge < -0.3 is 15.1 Å². The second-order valence-electron chi connectivity index (χ2n) is 6.09. The van der Waals surface area contributed by atoms with Crippen LogP contribution in [0.15, 0.2) is 18.3 Å². The largest absolute Gasteiger partial charge is 0.369 e. The second-order valence-corrected chi connectivity index (χ2v) is 6.09. The fourth-order valence-electron chi connectivity index (χ4n) is 2.08. The van der Waals surface area contributed by atoms with Gasteiger partial charge in [0.15, 0.2) is 0 Å². The molecule has 20 heavy (non-hydrogen) atoms. The van der Waals surface area contributed by atoms with E-state index in [0.717, 1.165) is 25.3 Å². The normalized spacial score (nSPS) is 13.0. The van der Waals surface area contributed by atoms with E-state index >= 15 is 0 Å². The lowest BCUT2D eigenvalue weighted by Crippen LogP contribution is -2.34. The standard InChI is InChI=1S/C16H30N4/c1-13(2)12-20(10-9-19(5)6)15-7-8-16(18-11-15)14(3)17-4/h7-8,11,13-14,17H,9-10,12H2,1-6H3. The van der Waals surface area contributed by atoms with Crippen LogP contribution >= 0.6 is 0 Å². The second kappa shape index (κ2) is 8.22. The first-order chi connectivity index (χ1) is 9.43. The lowest BCUT2D eigenvalue weighted by Gasteiger charge is -2.28. The van der Waals surface area contributed by atoms with Gasteiger partial charge in [0.05, 0.1) is 17.6 Å². The molecule has 114 valence electrons. The molecule has 0 aliphatic heterocycles. The Kier molecular flexibility index (Phi) is 6.96. The van der Waals surface area contributed by atoms with Gasteiger partial charge in [-0.2, -0.15) is 0 Å². The van der Waals surface area contributed by atoms with Gasteiger partial charge in [0, 0.05) is 25.7 Å². The van der Waals surface area contributed by atoms with E-state index in [0.29, 0.717) is 12.0 Å². The molecule has 4 nitrogen and oxygen atoms in total. The van der Waals surface area contributed by atoms with Gasteiger partial charge in [-0.05, 0) is 46.1 Å². The molecule has 0 spiro atoms. The Morgan fingerprint density at radius 3 is 2.30 bits per heavy atom. The summed E-state index contributed by atoms with van der Waals surface area (Å²) >= 11 is 0. The first-order valence-corrected chi connectivity index (χ1v) is 7.47. The summed E-state index contributed by atoms with van der Waals surface area (Å²) in [5.74, 6) is 0.646. The fraction of sp³-hybridized carbons (Fsp3) is 0.688. The third-order valence-corrected chi connectivity index (χ3v) is 3.42. The van der Waals surface area contributed by atoms with Crippen LogP contribution in [0.3, 0.4) is 0 Å². The van der Waals surface area contributed by atoms with Crippen LogP contribution in [0.5, 0.6) is 0 Å². The maximum atomic E-state index is 4.59. The third kappa shape index (κ3) is 5.47. The number of rotatable bonds is 8. The molecule has 0 amide bonds. The molecule has 1 unspecified atom stereocenters. The van der Waals surface area contributed by atoms with Crippen LogP contribution in [0.2, 0.25) is 0 Å². The van der Waals surface area contributed by atoms with Crippen molar-refractivity contribution in [1.82, 2.24) is 15.2 Å². The first kappa shape index (κ1) is 16.9. The SMILES string of the molecule is CNC(C)c1ccc(N(CCN(C)C)CC(C)C)cn1. The quantitative estimate of drug-likeness (QED) is 0.791. The summed E-state index contributed by atoms with van der Waals surface area (Å²) in [5.41, 5.74) is 2.31. The summed E-state index contributed by atoms with van der Waals surface area (Å²) in [6, 6.07) is 4.61. The summed E-state index contributed by atoms with van der Waals surface area (Å²) in [6.07, 6.45) is 2.00. The van der Waals surface area contributed by atoms with Crippen molar-refractivity contribution in [2.45, 2.75) is 26.8 Å². The summed E-state index contributed by atoms with van der Waals surface area (Å²) in [7, 11) is 6.19. The molecule has 0 aliphatic rings. The number of pyridine rings is 1. The number of aromatic nitrogens is 1. The molecule has 0 fully saturated rings. The lowest BCUT2D eigenvalue weighted by molar-refractivity contribution is 0.409. The third-order valence-electron chi connectivity index (χ3n) is 3.42. The molecular formula is C16H30N4. The molecule has 0 radical (unpaired) electrons. The molecule has 1 heterocycles. The summed E-state index contributed by atoms with van der Waals surface area (Å²) < 4.78 is 0. The molecule has 4 heteroatoms. The Bertz CT molecular complexity index is 373. The topological polar surface area (TPSA) is 31.4 Å². The van der Waals surface area contributed by atoms with E-state index < -0.39 is 0 Å². The average molecular weight is 278 g/mol. The fourth-order valence-corrected chi connectivity index (χ4v) is 2.08. The molecule has 1 N–H and O–H groups in total. The molecule has 1 rings (SSSR count). The van der Waals surface area contributed by atoms with Gasteiger partial charge in [-0.1, -0.05) is 13.8 Å². The number of anilines is 1. The minimum absolute atomic E-state index is 0.296. The minimum atomic E-state index is 0.296. The Balaban J connectivity index is 2.79. The highest BCUT2D eigenvalue weighted by Gasteiger charge is 2.11. The van der Waals surface area contributed by atoms with E-state index in [1.54, 1.807) is 0 Å². The molecule has 0 aliphatic carbocycles. The number of nitrogens with one attached hydrogen (secondary N) is 1. The van der Waals surface area contributed by atoms with Gasteiger partial charge in [0.1, 0.15) is 0 Å². The van der Waals surface area contributed by atoms with Gasteiger partial charge in [0.25, 0.3) is 0 Å². The molecule has 0 aromatic carbocycles. The van der Waals surface area contributed by atoms with Crippen molar-refractivity contribution in [3.05, 3.63) is 24.0 Å². The van der Waals surface area contributed by atoms with Crippen molar-refractivity contribution >= 4 is 5.69 Å². The van der Waals surface area contributed by atoms with E-state index in [4.69, 9.17) is 0 Å². The summed E-state index contributed by atoms with van der Waals surface area (Å²) in [5, 5.41) is 3.22. The van der Waals surface area contributed by atoms with E-state index in [1.165, 1.54) is 5.69 Å². The van der Waals surface area contributed by atoms with Crippen molar-refractivity contribution < 1.29 is 0 Å². The van der Waals surface area contributed by atoms with Crippen molar-refractivity contribution in [1.29, 1.82) is 0 Å². The van der Waals surface area contributed by atoms with Crippen molar-refractivity contribution in [3.63, 3.8) is 0 Å². The first-order valence-electron chi connectivity index (χ1n) is 7.47. The van der Waals surface area contributed by atoms with Crippen LogP contribution in [0.25, 0.3) is 0 Å². The zero-order valence-corrected chi connectivity index (χ0v) is 13.8. The maximum absolute atomic E-state index is 4.59. The highest BCUT2D eigenvalue weighted by molar-refractivity contribution is 5.44. The van der Waals surface area contributed by atoms with Crippen LogP contribution in [-0.4, -0.2) is 50.7 Å². The smallest absolute Gasteiger partial charge is 0.0571 e. The zero-order valence-electron chi connectivity index (χ0n) is 13.8. The molecule has 0 bridgehead atoms. The minimum Gasteiger partial charge on any atom is -0.369 e. The summed E-state index contributed by atoms with van der Waals surface area (Å²) in [6.45, 7) is 9.80. The van der Waals surface area contributed by atoms with Crippen LogP contribution < -0.4 is 10.2 Å². The van der Waals surface area contributed by atoms with Crippen LogP contribution in [0.1, 0.15) is 32.5 Å². The predicted octanol–water partition coefficient (Wildman–Crippen LogP) is 2.39. The summed E-state index contributed by atoms with van der Waals surface area (Å²) in [4.78, 5) is 9.23. The molecule has 1 aromatic heterocycles. The molecule has 0 saturated heterocycles. The van der Waals surface area contributed by atoms with E-state index in [9.17, 15) is 0 Å².